The van der Waals surface area contributed by atoms with Crippen molar-refractivity contribution in [2.75, 3.05) is 0 Å². The fraction of sp³-hybridized carbons (Fsp3) is 0.312. The van der Waals surface area contributed by atoms with Crippen LogP contribution in [0.3, 0.4) is 0 Å². The van der Waals surface area contributed by atoms with E-state index in [1.165, 1.54) is 6.20 Å². The van der Waals surface area contributed by atoms with E-state index in [4.69, 9.17) is 11.6 Å². The van der Waals surface area contributed by atoms with E-state index in [-0.39, 0.29) is 10.7 Å². The maximum absolute atomic E-state index is 12.2. The van der Waals surface area contributed by atoms with Crippen molar-refractivity contribution in [3.05, 3.63) is 58.6 Å². The number of carbonyl (C=O) groups is 1. The molecule has 0 radical (unpaired) electrons. The van der Waals surface area contributed by atoms with Gasteiger partial charge in [0.15, 0.2) is 0 Å². The Kier molecular flexibility index (Phi) is 5.46. The van der Waals surface area contributed by atoms with E-state index in [9.17, 15) is 9.90 Å². The lowest BCUT2D eigenvalue weighted by Gasteiger charge is -2.20. The Balaban J connectivity index is 2.00. The molecule has 0 saturated carbocycles. The van der Waals surface area contributed by atoms with Crippen molar-refractivity contribution < 1.29 is 9.90 Å². The van der Waals surface area contributed by atoms with Gasteiger partial charge < -0.3 is 10.4 Å². The summed E-state index contributed by atoms with van der Waals surface area (Å²) < 4.78 is 0. The molecule has 5 nitrogen and oxygen atoms in total. The Bertz CT molecular complexity index is 649. The highest BCUT2D eigenvalue weighted by atomic mass is 35.5. The third-order valence-electron chi connectivity index (χ3n) is 3.30. The van der Waals surface area contributed by atoms with Crippen LogP contribution in [0.25, 0.3) is 0 Å². The summed E-state index contributed by atoms with van der Waals surface area (Å²) in [5, 5.41) is 13.1. The van der Waals surface area contributed by atoms with E-state index >= 15 is 0 Å². The SMILES string of the molecule is Cc1ncc(Cl)c(C(=O)NC(C)C(O)Cc2ccccc2)n1. The molecule has 0 saturated heterocycles. The van der Waals surface area contributed by atoms with Gasteiger partial charge in [-0.3, -0.25) is 4.79 Å². The Hall–Kier alpha value is -1.98. The second kappa shape index (κ2) is 7.33. The zero-order valence-corrected chi connectivity index (χ0v) is 13.2. The largest absolute Gasteiger partial charge is 0.391 e. The molecular formula is C16H18ClN3O2. The normalized spacial score (nSPS) is 13.5. The quantitative estimate of drug-likeness (QED) is 0.885. The minimum Gasteiger partial charge on any atom is -0.391 e. The van der Waals surface area contributed by atoms with Gasteiger partial charge in [-0.15, -0.1) is 0 Å². The van der Waals surface area contributed by atoms with Crippen molar-refractivity contribution in [2.45, 2.75) is 32.4 Å². The third-order valence-corrected chi connectivity index (χ3v) is 3.58. The standard InChI is InChI=1S/C16H18ClN3O2/c1-10(14(21)8-12-6-4-3-5-7-12)19-16(22)15-13(17)9-18-11(2)20-15/h3-7,9-10,14,21H,8H2,1-2H3,(H,19,22). The summed E-state index contributed by atoms with van der Waals surface area (Å²) in [6.07, 6.45) is 1.15. The molecule has 0 fully saturated rings. The topological polar surface area (TPSA) is 75.1 Å². The van der Waals surface area contributed by atoms with Crippen LogP contribution in [0.4, 0.5) is 0 Å². The predicted molar refractivity (Wildman–Crippen MR) is 84.9 cm³/mol. The van der Waals surface area contributed by atoms with Crippen molar-refractivity contribution in [3.8, 4) is 0 Å². The minimum atomic E-state index is -0.701. The number of halogens is 1. The maximum Gasteiger partial charge on any atom is 0.271 e. The Morgan fingerprint density at radius 3 is 2.73 bits per heavy atom. The van der Waals surface area contributed by atoms with Crippen LogP contribution in [-0.4, -0.2) is 33.1 Å². The van der Waals surface area contributed by atoms with Gasteiger partial charge in [0.1, 0.15) is 11.5 Å². The number of hydrogen-bond acceptors (Lipinski definition) is 4. The van der Waals surface area contributed by atoms with Crippen LogP contribution in [0.2, 0.25) is 5.02 Å². The lowest BCUT2D eigenvalue weighted by molar-refractivity contribution is 0.0847. The van der Waals surface area contributed by atoms with Gasteiger partial charge in [-0.1, -0.05) is 41.9 Å². The second-order valence-corrected chi connectivity index (χ2v) is 5.54. The smallest absolute Gasteiger partial charge is 0.271 e. The van der Waals surface area contributed by atoms with Gasteiger partial charge in [0.2, 0.25) is 0 Å². The van der Waals surface area contributed by atoms with E-state index in [2.05, 4.69) is 15.3 Å². The van der Waals surface area contributed by atoms with Crippen molar-refractivity contribution in [2.24, 2.45) is 0 Å². The van der Waals surface area contributed by atoms with Gasteiger partial charge in [-0.2, -0.15) is 0 Å². The fourth-order valence-electron chi connectivity index (χ4n) is 2.02. The highest BCUT2D eigenvalue weighted by Gasteiger charge is 2.20. The van der Waals surface area contributed by atoms with Crippen LogP contribution in [0.5, 0.6) is 0 Å². The summed E-state index contributed by atoms with van der Waals surface area (Å²) in [6, 6.07) is 9.17. The molecule has 6 heteroatoms. The number of carbonyl (C=O) groups excluding carboxylic acids is 1. The molecule has 1 aromatic heterocycles. The number of aliphatic hydroxyl groups is 1. The van der Waals surface area contributed by atoms with Crippen LogP contribution in [0.15, 0.2) is 36.5 Å². The molecule has 2 unspecified atom stereocenters. The molecule has 2 aromatic rings. The summed E-state index contributed by atoms with van der Waals surface area (Å²) >= 11 is 5.94. The summed E-state index contributed by atoms with van der Waals surface area (Å²) in [7, 11) is 0. The molecule has 0 spiro atoms. The average Bonchev–Trinajstić information content (AvgIpc) is 2.50. The Morgan fingerprint density at radius 2 is 2.05 bits per heavy atom. The maximum atomic E-state index is 12.2. The number of aryl methyl sites for hydroxylation is 1. The van der Waals surface area contributed by atoms with E-state index < -0.39 is 18.1 Å². The van der Waals surface area contributed by atoms with Crippen LogP contribution in [0.1, 0.15) is 28.8 Å². The molecule has 0 aliphatic carbocycles. The molecular weight excluding hydrogens is 302 g/mol. The number of nitrogens with one attached hydrogen (secondary N) is 1. The first-order valence-corrected chi connectivity index (χ1v) is 7.37. The van der Waals surface area contributed by atoms with Gasteiger partial charge in [0.05, 0.1) is 23.4 Å². The molecule has 1 amide bonds. The monoisotopic (exact) mass is 319 g/mol. The summed E-state index contributed by atoms with van der Waals surface area (Å²) in [6.45, 7) is 3.42. The molecule has 116 valence electrons. The first-order valence-electron chi connectivity index (χ1n) is 6.99. The van der Waals surface area contributed by atoms with Crippen molar-refractivity contribution in [3.63, 3.8) is 0 Å². The van der Waals surface area contributed by atoms with Crippen LogP contribution >= 0.6 is 11.6 Å². The molecule has 1 heterocycles. The first kappa shape index (κ1) is 16.4. The molecule has 2 N–H and O–H groups in total. The summed E-state index contributed by atoms with van der Waals surface area (Å²) in [5.74, 6) is 0.0437. The van der Waals surface area contributed by atoms with Crippen molar-refractivity contribution in [1.82, 2.24) is 15.3 Å². The molecule has 1 aromatic carbocycles. The van der Waals surface area contributed by atoms with Crippen molar-refractivity contribution >= 4 is 17.5 Å². The molecule has 2 rings (SSSR count). The second-order valence-electron chi connectivity index (χ2n) is 5.13. The highest BCUT2D eigenvalue weighted by Crippen LogP contribution is 2.13. The van der Waals surface area contributed by atoms with Crippen LogP contribution < -0.4 is 5.32 Å². The number of amides is 1. The first-order chi connectivity index (χ1) is 10.5. The van der Waals surface area contributed by atoms with Crippen LogP contribution in [0, 0.1) is 6.92 Å². The predicted octanol–water partition coefficient (Wildman–Crippen LogP) is 2.16. The van der Waals surface area contributed by atoms with E-state index in [0.29, 0.717) is 12.2 Å². The zero-order chi connectivity index (χ0) is 16.1. The lowest BCUT2D eigenvalue weighted by atomic mass is 10.0. The summed E-state index contributed by atoms with van der Waals surface area (Å²) in [4.78, 5) is 20.1. The van der Waals surface area contributed by atoms with E-state index in [0.717, 1.165) is 5.56 Å². The molecule has 2 atom stereocenters. The Labute approximate surface area is 134 Å². The zero-order valence-electron chi connectivity index (χ0n) is 12.5. The lowest BCUT2D eigenvalue weighted by Crippen LogP contribution is -2.42. The molecule has 22 heavy (non-hydrogen) atoms. The summed E-state index contributed by atoms with van der Waals surface area (Å²) in [5.41, 5.74) is 1.12. The molecule has 0 bridgehead atoms. The Morgan fingerprint density at radius 1 is 1.36 bits per heavy atom. The molecule has 0 aliphatic rings. The third kappa shape index (κ3) is 4.26. The molecule has 0 aliphatic heterocycles. The number of aliphatic hydroxyl groups excluding tert-OH is 1. The van der Waals surface area contributed by atoms with Gasteiger partial charge in [-0.05, 0) is 19.4 Å². The van der Waals surface area contributed by atoms with Gasteiger partial charge in [0, 0.05) is 6.42 Å². The number of hydrogen-bond donors (Lipinski definition) is 2. The van der Waals surface area contributed by atoms with Gasteiger partial charge in [-0.25, -0.2) is 9.97 Å². The number of rotatable bonds is 5. The number of aromatic nitrogens is 2. The van der Waals surface area contributed by atoms with E-state index in [1.807, 2.05) is 30.3 Å². The van der Waals surface area contributed by atoms with Crippen molar-refractivity contribution in [1.29, 1.82) is 0 Å². The van der Waals surface area contributed by atoms with E-state index in [1.54, 1.807) is 13.8 Å². The number of benzene rings is 1. The van der Waals surface area contributed by atoms with Gasteiger partial charge in [0.25, 0.3) is 5.91 Å². The highest BCUT2D eigenvalue weighted by molar-refractivity contribution is 6.33. The van der Waals surface area contributed by atoms with Crippen LogP contribution in [-0.2, 0) is 6.42 Å². The number of nitrogens with zero attached hydrogens (tertiary/aromatic N) is 2. The van der Waals surface area contributed by atoms with Gasteiger partial charge >= 0.3 is 0 Å². The minimum absolute atomic E-state index is 0.118. The average molecular weight is 320 g/mol. The fourth-order valence-corrected chi connectivity index (χ4v) is 2.20.